The van der Waals surface area contributed by atoms with Gasteiger partial charge in [0.25, 0.3) is 11.8 Å². The van der Waals surface area contributed by atoms with Crippen molar-refractivity contribution in [2.24, 2.45) is 0 Å². The van der Waals surface area contributed by atoms with Crippen molar-refractivity contribution in [1.82, 2.24) is 25.2 Å². The highest BCUT2D eigenvalue weighted by Gasteiger charge is 2.23. The molecule has 8 nitrogen and oxygen atoms in total. The maximum Gasteiger partial charge on any atom is 0.278 e. The van der Waals surface area contributed by atoms with E-state index in [0.29, 0.717) is 30.0 Å². The van der Waals surface area contributed by atoms with Crippen LogP contribution in [0.5, 0.6) is 0 Å². The van der Waals surface area contributed by atoms with Gasteiger partial charge < -0.3 is 15.5 Å². The van der Waals surface area contributed by atoms with Crippen LogP contribution in [0, 0.1) is 6.92 Å². The second kappa shape index (κ2) is 8.97. The first kappa shape index (κ1) is 20.0. The number of hydrogen-bond donors (Lipinski definition) is 2. The molecule has 1 aliphatic heterocycles. The van der Waals surface area contributed by atoms with Crippen LogP contribution < -0.4 is 10.6 Å². The van der Waals surface area contributed by atoms with E-state index in [1.165, 1.54) is 0 Å². The predicted molar refractivity (Wildman–Crippen MR) is 108 cm³/mol. The van der Waals surface area contributed by atoms with Gasteiger partial charge in [-0.2, -0.15) is 0 Å². The van der Waals surface area contributed by atoms with Crippen molar-refractivity contribution in [3.05, 3.63) is 41.2 Å². The van der Waals surface area contributed by atoms with E-state index in [4.69, 9.17) is 0 Å². The molecule has 1 fully saturated rings. The Bertz CT molecular complexity index is 837. The molecule has 2 aromatic rings. The molecule has 0 saturated carbocycles. The Hall–Kier alpha value is -2.74. The summed E-state index contributed by atoms with van der Waals surface area (Å²) in [4.78, 5) is 27.0. The highest BCUT2D eigenvalue weighted by atomic mass is 16.2. The number of piperidine rings is 1. The van der Waals surface area contributed by atoms with E-state index >= 15 is 0 Å². The second-order valence-electron chi connectivity index (χ2n) is 6.96. The average Bonchev–Trinajstić information content (AvgIpc) is 3.11. The summed E-state index contributed by atoms with van der Waals surface area (Å²) in [5.74, 6) is -0.362. The van der Waals surface area contributed by atoms with Gasteiger partial charge in [-0.3, -0.25) is 9.59 Å². The Labute approximate surface area is 165 Å². The van der Waals surface area contributed by atoms with E-state index in [9.17, 15) is 9.59 Å². The number of carbonyl (C=O) groups excluding carboxylic acids is 2. The van der Waals surface area contributed by atoms with E-state index < -0.39 is 0 Å². The number of amides is 2. The Morgan fingerprint density at radius 1 is 1.25 bits per heavy atom. The van der Waals surface area contributed by atoms with Crippen LogP contribution in [0.3, 0.4) is 0 Å². The fourth-order valence-corrected chi connectivity index (χ4v) is 3.56. The Morgan fingerprint density at radius 2 is 1.96 bits per heavy atom. The van der Waals surface area contributed by atoms with Gasteiger partial charge in [-0.05, 0) is 64.9 Å². The Morgan fingerprint density at radius 3 is 2.64 bits per heavy atom. The maximum absolute atomic E-state index is 12.7. The number of carbonyl (C=O) groups is 2. The molecule has 0 aliphatic carbocycles. The first-order valence-corrected chi connectivity index (χ1v) is 9.88. The third kappa shape index (κ3) is 4.22. The monoisotopic (exact) mass is 384 g/mol. The fraction of sp³-hybridized carbons (Fsp3) is 0.500. The van der Waals surface area contributed by atoms with Crippen LogP contribution in [0.4, 0.5) is 5.69 Å². The van der Waals surface area contributed by atoms with Gasteiger partial charge in [0, 0.05) is 24.3 Å². The molecular weight excluding hydrogens is 356 g/mol. The van der Waals surface area contributed by atoms with Crippen LogP contribution in [0.15, 0.2) is 24.3 Å². The van der Waals surface area contributed by atoms with Gasteiger partial charge in [-0.15, -0.1) is 5.10 Å². The van der Waals surface area contributed by atoms with Crippen molar-refractivity contribution in [3.8, 4) is 0 Å². The third-order valence-electron chi connectivity index (χ3n) is 5.22. The summed E-state index contributed by atoms with van der Waals surface area (Å²) in [5.41, 5.74) is 2.20. The second-order valence-corrected chi connectivity index (χ2v) is 6.96. The van der Waals surface area contributed by atoms with Gasteiger partial charge in [0.1, 0.15) is 0 Å². The zero-order valence-electron chi connectivity index (χ0n) is 16.7. The predicted octanol–water partition coefficient (Wildman–Crippen LogP) is 2.25. The smallest absolute Gasteiger partial charge is 0.278 e. The summed E-state index contributed by atoms with van der Waals surface area (Å²) >= 11 is 0. The van der Waals surface area contributed by atoms with E-state index in [1.54, 1.807) is 29.2 Å². The molecule has 1 aromatic heterocycles. The molecule has 1 aliphatic rings. The molecule has 1 saturated heterocycles. The molecular formula is C20H28N6O2. The minimum absolute atomic E-state index is 0.0471. The Kier molecular flexibility index (Phi) is 6.41. The molecule has 0 unspecified atom stereocenters. The molecule has 3 rings (SSSR count). The van der Waals surface area contributed by atoms with Crippen molar-refractivity contribution < 1.29 is 9.59 Å². The SMILES string of the molecule is CCN(CC)C(=O)c1cccc(NC(=O)c2nnn(C3CCNCC3)c2C)c1. The lowest BCUT2D eigenvalue weighted by Gasteiger charge is -2.23. The van der Waals surface area contributed by atoms with Gasteiger partial charge in [-0.1, -0.05) is 11.3 Å². The van der Waals surface area contributed by atoms with E-state index in [-0.39, 0.29) is 17.9 Å². The summed E-state index contributed by atoms with van der Waals surface area (Å²) in [6.45, 7) is 8.94. The molecule has 2 heterocycles. The highest BCUT2D eigenvalue weighted by Crippen LogP contribution is 2.21. The molecule has 0 bridgehead atoms. The van der Waals surface area contributed by atoms with E-state index in [0.717, 1.165) is 31.6 Å². The van der Waals surface area contributed by atoms with Crippen LogP contribution in [0.2, 0.25) is 0 Å². The minimum Gasteiger partial charge on any atom is -0.339 e. The summed E-state index contributed by atoms with van der Waals surface area (Å²) in [6, 6.07) is 7.26. The minimum atomic E-state index is -0.315. The largest absolute Gasteiger partial charge is 0.339 e. The van der Waals surface area contributed by atoms with Crippen molar-refractivity contribution in [2.45, 2.75) is 39.7 Å². The number of hydrogen-bond acceptors (Lipinski definition) is 5. The number of nitrogens with one attached hydrogen (secondary N) is 2. The molecule has 150 valence electrons. The van der Waals surface area contributed by atoms with Crippen LogP contribution in [-0.2, 0) is 0 Å². The number of rotatable bonds is 6. The van der Waals surface area contributed by atoms with Crippen molar-refractivity contribution >= 4 is 17.5 Å². The topological polar surface area (TPSA) is 92.2 Å². The molecule has 0 spiro atoms. The highest BCUT2D eigenvalue weighted by molar-refractivity contribution is 6.04. The van der Waals surface area contributed by atoms with E-state index in [1.807, 2.05) is 25.5 Å². The van der Waals surface area contributed by atoms with Crippen LogP contribution in [0.1, 0.15) is 59.3 Å². The van der Waals surface area contributed by atoms with Crippen molar-refractivity contribution in [3.63, 3.8) is 0 Å². The van der Waals surface area contributed by atoms with Crippen LogP contribution >= 0.6 is 0 Å². The van der Waals surface area contributed by atoms with Gasteiger partial charge in [0.15, 0.2) is 5.69 Å². The van der Waals surface area contributed by atoms with Gasteiger partial charge in [-0.25, -0.2) is 4.68 Å². The van der Waals surface area contributed by atoms with Crippen LogP contribution in [-0.4, -0.2) is 57.9 Å². The molecule has 1 aromatic carbocycles. The van der Waals surface area contributed by atoms with Gasteiger partial charge in [0.05, 0.1) is 11.7 Å². The van der Waals surface area contributed by atoms with Crippen molar-refractivity contribution in [1.29, 1.82) is 0 Å². The van der Waals surface area contributed by atoms with Gasteiger partial charge in [0.2, 0.25) is 0 Å². The first-order valence-electron chi connectivity index (χ1n) is 9.88. The number of nitrogens with zero attached hydrogens (tertiary/aromatic N) is 4. The summed E-state index contributed by atoms with van der Waals surface area (Å²) < 4.78 is 1.86. The van der Waals surface area contributed by atoms with E-state index in [2.05, 4.69) is 20.9 Å². The Balaban J connectivity index is 1.74. The molecule has 8 heteroatoms. The molecule has 2 N–H and O–H groups in total. The van der Waals surface area contributed by atoms with Gasteiger partial charge >= 0.3 is 0 Å². The lowest BCUT2D eigenvalue weighted by molar-refractivity contribution is 0.0772. The lowest BCUT2D eigenvalue weighted by Crippen LogP contribution is -2.30. The molecule has 0 atom stereocenters. The van der Waals surface area contributed by atoms with Crippen molar-refractivity contribution in [2.75, 3.05) is 31.5 Å². The third-order valence-corrected chi connectivity index (χ3v) is 5.22. The molecule has 0 radical (unpaired) electrons. The number of anilines is 1. The lowest BCUT2D eigenvalue weighted by atomic mass is 10.1. The first-order chi connectivity index (χ1) is 13.5. The standard InChI is InChI=1S/C20H28N6O2/c1-4-25(5-2)20(28)15-7-6-8-16(13-15)22-19(27)18-14(3)26(24-23-18)17-9-11-21-12-10-17/h6-8,13,17,21H,4-5,9-12H2,1-3H3,(H,22,27). The fourth-order valence-electron chi connectivity index (χ4n) is 3.56. The summed E-state index contributed by atoms with van der Waals surface area (Å²) in [6.07, 6.45) is 1.95. The maximum atomic E-state index is 12.7. The van der Waals surface area contributed by atoms with Crippen LogP contribution in [0.25, 0.3) is 0 Å². The summed E-state index contributed by atoms with van der Waals surface area (Å²) in [7, 11) is 0. The normalized spacial score (nSPS) is 14.7. The zero-order valence-corrected chi connectivity index (χ0v) is 16.7. The quantitative estimate of drug-likeness (QED) is 0.797. The average molecular weight is 384 g/mol. The summed E-state index contributed by atoms with van der Waals surface area (Å²) in [5, 5.41) is 14.5. The number of aromatic nitrogens is 3. The zero-order chi connectivity index (χ0) is 20.1. The molecule has 28 heavy (non-hydrogen) atoms. The molecule has 2 amide bonds. The number of benzene rings is 1.